The number of aliphatic hydroxyl groups is 2. The summed E-state index contributed by atoms with van der Waals surface area (Å²) in [5.74, 6) is -2.20. The zero-order valence-corrected chi connectivity index (χ0v) is 13.3. The summed E-state index contributed by atoms with van der Waals surface area (Å²) < 4.78 is 0. The molecule has 6 N–H and O–H groups in total. The van der Waals surface area contributed by atoms with Crippen molar-refractivity contribution in [3.63, 3.8) is 0 Å². The Labute approximate surface area is 138 Å². The Bertz CT molecular complexity index is 798. The van der Waals surface area contributed by atoms with Crippen molar-refractivity contribution in [3.05, 3.63) is 47.0 Å². The molecule has 2 aromatic carbocycles. The largest absolute Gasteiger partial charge is 0.504 e. The second kappa shape index (κ2) is 5.29. The summed E-state index contributed by atoms with van der Waals surface area (Å²) in [6.07, 6.45) is -1.24. The first-order valence-corrected chi connectivity index (χ1v) is 7.62. The van der Waals surface area contributed by atoms with Gasteiger partial charge in [-0.1, -0.05) is 13.0 Å². The molecular weight excluding hydrogens is 312 g/mol. The van der Waals surface area contributed by atoms with Crippen LogP contribution in [0.3, 0.4) is 0 Å². The summed E-state index contributed by atoms with van der Waals surface area (Å²) in [4.78, 5) is 0. The van der Waals surface area contributed by atoms with Gasteiger partial charge in [0.15, 0.2) is 23.0 Å². The monoisotopic (exact) mass is 332 g/mol. The minimum absolute atomic E-state index is 0.261. The Morgan fingerprint density at radius 1 is 0.833 bits per heavy atom. The molecule has 6 heteroatoms. The average molecular weight is 332 g/mol. The second-order valence-corrected chi connectivity index (χ2v) is 6.61. The molecule has 0 heterocycles. The molecule has 1 aliphatic carbocycles. The molecule has 0 fully saturated rings. The molecule has 1 unspecified atom stereocenters. The highest BCUT2D eigenvalue weighted by atomic mass is 16.3. The molecule has 4 atom stereocenters. The molecular formula is C18H20O6. The van der Waals surface area contributed by atoms with Gasteiger partial charge in [0.25, 0.3) is 0 Å². The number of benzene rings is 2. The van der Waals surface area contributed by atoms with Gasteiger partial charge in [-0.2, -0.15) is 0 Å². The number of aliphatic hydroxyl groups excluding tert-OH is 1. The predicted octanol–water partition coefficient (Wildman–Crippen LogP) is 2.08. The van der Waals surface area contributed by atoms with Gasteiger partial charge in [0.2, 0.25) is 0 Å². The van der Waals surface area contributed by atoms with E-state index in [1.54, 1.807) is 13.0 Å². The molecule has 1 aliphatic rings. The lowest BCUT2D eigenvalue weighted by molar-refractivity contribution is -0.111. The third-order valence-electron chi connectivity index (χ3n) is 5.14. The topological polar surface area (TPSA) is 121 Å². The van der Waals surface area contributed by atoms with Crippen LogP contribution >= 0.6 is 0 Å². The highest BCUT2D eigenvalue weighted by Crippen LogP contribution is 2.52. The van der Waals surface area contributed by atoms with E-state index in [1.165, 1.54) is 31.2 Å². The van der Waals surface area contributed by atoms with Crippen LogP contribution in [0.25, 0.3) is 0 Å². The Hall–Kier alpha value is -2.44. The maximum absolute atomic E-state index is 10.8. The van der Waals surface area contributed by atoms with E-state index in [-0.39, 0.29) is 23.0 Å². The summed E-state index contributed by atoms with van der Waals surface area (Å²) in [5.41, 5.74) is -0.0293. The van der Waals surface area contributed by atoms with Crippen LogP contribution in [0.2, 0.25) is 0 Å². The smallest absolute Gasteiger partial charge is 0.157 e. The average Bonchev–Trinajstić information content (AvgIpc) is 2.52. The fraction of sp³-hybridized carbons (Fsp3) is 0.333. The van der Waals surface area contributed by atoms with Crippen LogP contribution in [0.4, 0.5) is 0 Å². The van der Waals surface area contributed by atoms with Crippen LogP contribution < -0.4 is 0 Å². The van der Waals surface area contributed by atoms with Gasteiger partial charge in [0, 0.05) is 5.92 Å². The van der Waals surface area contributed by atoms with E-state index >= 15 is 0 Å². The van der Waals surface area contributed by atoms with E-state index in [1.807, 2.05) is 0 Å². The van der Waals surface area contributed by atoms with Crippen LogP contribution in [0, 0.1) is 5.92 Å². The van der Waals surface area contributed by atoms with E-state index in [2.05, 4.69) is 0 Å². The van der Waals surface area contributed by atoms with Crippen LogP contribution in [-0.2, 0) is 0 Å². The molecule has 0 bridgehead atoms. The number of hydrogen-bond acceptors (Lipinski definition) is 6. The molecule has 0 saturated carbocycles. The highest BCUT2D eigenvalue weighted by molar-refractivity contribution is 5.54. The third kappa shape index (κ3) is 2.26. The SMILES string of the molecule is C[C@@H]1[C@@H](c2ccc(O)c(O)c2)c2cc(O)c(O)cc2[C@H](O)C1(C)O. The summed E-state index contributed by atoms with van der Waals surface area (Å²) >= 11 is 0. The Kier molecular flexibility index (Phi) is 3.62. The first-order chi connectivity index (χ1) is 11.1. The van der Waals surface area contributed by atoms with Gasteiger partial charge in [-0.3, -0.25) is 0 Å². The third-order valence-corrected chi connectivity index (χ3v) is 5.14. The molecule has 0 saturated heterocycles. The van der Waals surface area contributed by atoms with E-state index in [4.69, 9.17) is 0 Å². The maximum atomic E-state index is 10.8. The molecule has 0 aliphatic heterocycles. The molecule has 0 aromatic heterocycles. The zero-order chi connectivity index (χ0) is 17.8. The van der Waals surface area contributed by atoms with Gasteiger partial charge in [-0.05, 0) is 53.8 Å². The number of phenolic OH excluding ortho intramolecular Hbond substituents is 4. The molecule has 3 rings (SSSR count). The van der Waals surface area contributed by atoms with Crippen molar-refractivity contribution in [2.45, 2.75) is 31.5 Å². The normalized spacial score (nSPS) is 29.2. The van der Waals surface area contributed by atoms with Crippen LogP contribution in [0.5, 0.6) is 23.0 Å². The van der Waals surface area contributed by atoms with Crippen LogP contribution in [0.1, 0.15) is 42.6 Å². The van der Waals surface area contributed by atoms with Crippen molar-refractivity contribution >= 4 is 0 Å². The van der Waals surface area contributed by atoms with Gasteiger partial charge in [-0.15, -0.1) is 0 Å². The number of phenols is 4. The zero-order valence-electron chi connectivity index (χ0n) is 13.3. The summed E-state index contributed by atoms with van der Waals surface area (Å²) in [6.45, 7) is 3.26. The van der Waals surface area contributed by atoms with Crippen LogP contribution in [0.15, 0.2) is 30.3 Å². The van der Waals surface area contributed by atoms with Gasteiger partial charge in [-0.25, -0.2) is 0 Å². The molecule has 0 amide bonds. The fourth-order valence-corrected chi connectivity index (χ4v) is 3.49. The Morgan fingerprint density at radius 2 is 1.38 bits per heavy atom. The molecule has 0 radical (unpaired) electrons. The van der Waals surface area contributed by atoms with Crippen molar-refractivity contribution in [3.8, 4) is 23.0 Å². The highest BCUT2D eigenvalue weighted by Gasteiger charge is 2.48. The van der Waals surface area contributed by atoms with E-state index in [0.29, 0.717) is 16.7 Å². The Balaban J connectivity index is 2.26. The maximum Gasteiger partial charge on any atom is 0.157 e. The number of aromatic hydroxyl groups is 4. The van der Waals surface area contributed by atoms with E-state index < -0.39 is 23.5 Å². The Morgan fingerprint density at radius 3 is 1.96 bits per heavy atom. The van der Waals surface area contributed by atoms with Gasteiger partial charge in [0.05, 0.1) is 5.60 Å². The predicted molar refractivity (Wildman–Crippen MR) is 86.1 cm³/mol. The van der Waals surface area contributed by atoms with E-state index in [0.717, 1.165) is 0 Å². The van der Waals surface area contributed by atoms with Gasteiger partial charge < -0.3 is 30.6 Å². The van der Waals surface area contributed by atoms with Crippen molar-refractivity contribution in [1.29, 1.82) is 0 Å². The fourth-order valence-electron chi connectivity index (χ4n) is 3.49. The summed E-state index contributed by atoms with van der Waals surface area (Å²) in [5, 5.41) is 60.2. The molecule has 2 aromatic rings. The first-order valence-electron chi connectivity index (χ1n) is 7.62. The summed E-state index contributed by atoms with van der Waals surface area (Å²) in [6, 6.07) is 6.93. The van der Waals surface area contributed by atoms with Crippen molar-refractivity contribution < 1.29 is 30.6 Å². The number of rotatable bonds is 1. The lowest BCUT2D eigenvalue weighted by Gasteiger charge is -2.45. The molecule has 24 heavy (non-hydrogen) atoms. The van der Waals surface area contributed by atoms with Gasteiger partial charge in [0.1, 0.15) is 6.10 Å². The van der Waals surface area contributed by atoms with Crippen molar-refractivity contribution in [2.75, 3.05) is 0 Å². The van der Waals surface area contributed by atoms with Gasteiger partial charge >= 0.3 is 0 Å². The first kappa shape index (κ1) is 16.4. The second-order valence-electron chi connectivity index (χ2n) is 6.61. The molecule has 128 valence electrons. The quantitative estimate of drug-likeness (QED) is 0.445. The lowest BCUT2D eigenvalue weighted by Crippen LogP contribution is -2.46. The lowest BCUT2D eigenvalue weighted by atomic mass is 9.64. The standard InChI is InChI=1S/C18H20O6/c1-8-16(9-3-4-12(19)13(20)5-9)10-6-14(21)15(22)7-11(10)17(23)18(8,2)24/h3-8,16-17,19-24H,1-2H3/t8-,16+,17+,18?/m1/s1. The minimum atomic E-state index is -1.49. The van der Waals surface area contributed by atoms with E-state index in [9.17, 15) is 30.6 Å². The van der Waals surface area contributed by atoms with Crippen LogP contribution in [-0.4, -0.2) is 36.2 Å². The number of hydrogen-bond donors (Lipinski definition) is 6. The van der Waals surface area contributed by atoms with Crippen molar-refractivity contribution in [2.24, 2.45) is 5.92 Å². The summed E-state index contributed by atoms with van der Waals surface area (Å²) in [7, 11) is 0. The minimum Gasteiger partial charge on any atom is -0.504 e. The molecule has 6 nitrogen and oxygen atoms in total. The molecule has 0 spiro atoms. The van der Waals surface area contributed by atoms with Crippen molar-refractivity contribution in [1.82, 2.24) is 0 Å². The number of fused-ring (bicyclic) bond motifs is 1.